The lowest BCUT2D eigenvalue weighted by Gasteiger charge is -2.05. The molecule has 0 spiro atoms. The predicted octanol–water partition coefficient (Wildman–Crippen LogP) is 3.31. The van der Waals surface area contributed by atoms with E-state index >= 15 is 0 Å². The fourth-order valence-corrected chi connectivity index (χ4v) is 1.67. The molecule has 124 valence electrons. The van der Waals surface area contributed by atoms with E-state index in [4.69, 9.17) is 4.74 Å². The Labute approximate surface area is 136 Å². The molecular formula is C17H13F3N2O2. The molecule has 4 nitrogen and oxygen atoms in total. The van der Waals surface area contributed by atoms with Crippen LogP contribution in [0.2, 0.25) is 0 Å². The molecule has 0 atom stereocenters. The Bertz CT molecular complexity index is 785. The Kier molecular flexibility index (Phi) is 6.08. The first-order chi connectivity index (χ1) is 11.6. The van der Waals surface area contributed by atoms with Crippen LogP contribution in [0.3, 0.4) is 0 Å². The number of hydrogen-bond acceptors (Lipinski definition) is 2. The molecule has 0 saturated carbocycles. The minimum absolute atomic E-state index is 0.00442. The van der Waals surface area contributed by atoms with Crippen LogP contribution in [-0.4, -0.2) is 19.2 Å². The van der Waals surface area contributed by atoms with E-state index in [-0.39, 0.29) is 24.6 Å². The Morgan fingerprint density at radius 1 is 1.04 bits per heavy atom. The summed E-state index contributed by atoms with van der Waals surface area (Å²) < 4.78 is 44.3. The summed E-state index contributed by atoms with van der Waals surface area (Å²) >= 11 is 0. The van der Waals surface area contributed by atoms with Crippen LogP contribution in [0.4, 0.5) is 23.7 Å². The third-order valence-electron chi connectivity index (χ3n) is 2.78. The van der Waals surface area contributed by atoms with E-state index in [1.165, 1.54) is 18.2 Å². The number of ether oxygens (including phenoxy) is 1. The van der Waals surface area contributed by atoms with Gasteiger partial charge in [-0.1, -0.05) is 24.0 Å². The van der Waals surface area contributed by atoms with Gasteiger partial charge in [-0.05, 0) is 24.3 Å². The largest absolute Gasteiger partial charge is 0.478 e. The van der Waals surface area contributed by atoms with Gasteiger partial charge in [-0.25, -0.2) is 18.0 Å². The summed E-state index contributed by atoms with van der Waals surface area (Å²) in [7, 11) is 0. The third kappa shape index (κ3) is 5.25. The maximum absolute atomic E-state index is 13.3. The van der Waals surface area contributed by atoms with Crippen LogP contribution >= 0.6 is 0 Å². The molecule has 2 rings (SSSR count). The molecule has 24 heavy (non-hydrogen) atoms. The van der Waals surface area contributed by atoms with E-state index < -0.39 is 23.5 Å². The van der Waals surface area contributed by atoms with Gasteiger partial charge in [0.05, 0.1) is 12.2 Å². The molecule has 2 aromatic carbocycles. The van der Waals surface area contributed by atoms with Crippen molar-refractivity contribution in [3.63, 3.8) is 0 Å². The molecule has 7 heteroatoms. The zero-order chi connectivity index (χ0) is 17.4. The summed E-state index contributed by atoms with van der Waals surface area (Å²) in [6.07, 6.45) is 0. The molecule has 0 fully saturated rings. The highest BCUT2D eigenvalue weighted by atomic mass is 19.1. The number of nitrogens with one attached hydrogen (secondary N) is 2. The van der Waals surface area contributed by atoms with Crippen LogP contribution in [0.15, 0.2) is 42.5 Å². The van der Waals surface area contributed by atoms with Crippen molar-refractivity contribution in [1.82, 2.24) is 5.32 Å². The predicted molar refractivity (Wildman–Crippen MR) is 83.1 cm³/mol. The SMILES string of the molecule is O=C(NCC#CCOc1ccc(F)cc1F)Nc1ccccc1F. The molecule has 0 aliphatic carbocycles. The van der Waals surface area contributed by atoms with E-state index in [1.54, 1.807) is 6.07 Å². The smallest absolute Gasteiger partial charge is 0.320 e. The second-order valence-electron chi connectivity index (χ2n) is 4.50. The van der Waals surface area contributed by atoms with E-state index in [0.29, 0.717) is 6.07 Å². The normalized spacial score (nSPS) is 9.62. The number of carbonyl (C=O) groups is 1. The first kappa shape index (κ1) is 17.2. The van der Waals surface area contributed by atoms with Gasteiger partial charge in [-0.15, -0.1) is 0 Å². The summed E-state index contributed by atoms with van der Waals surface area (Å²) in [6.45, 7) is -0.130. The van der Waals surface area contributed by atoms with Crippen molar-refractivity contribution in [1.29, 1.82) is 0 Å². The van der Waals surface area contributed by atoms with Gasteiger partial charge in [-0.3, -0.25) is 0 Å². The Morgan fingerprint density at radius 2 is 1.83 bits per heavy atom. The van der Waals surface area contributed by atoms with Crippen LogP contribution in [0.1, 0.15) is 0 Å². The molecule has 0 aliphatic heterocycles. The molecule has 2 aromatic rings. The maximum Gasteiger partial charge on any atom is 0.320 e. The standard InChI is InChI=1S/C17H13F3N2O2/c18-12-7-8-16(14(20)11-12)24-10-4-3-9-21-17(23)22-15-6-2-1-5-13(15)19/h1-2,5-8,11H,9-10H2,(H2,21,22,23). The van der Waals surface area contributed by atoms with Crippen molar-refractivity contribution in [3.8, 4) is 17.6 Å². The first-order valence-electron chi connectivity index (χ1n) is 6.89. The van der Waals surface area contributed by atoms with Crippen LogP contribution in [0.25, 0.3) is 0 Å². The molecule has 0 aromatic heterocycles. The van der Waals surface area contributed by atoms with Crippen LogP contribution in [-0.2, 0) is 0 Å². The second-order valence-corrected chi connectivity index (χ2v) is 4.50. The monoisotopic (exact) mass is 334 g/mol. The van der Waals surface area contributed by atoms with Crippen molar-refractivity contribution in [2.75, 3.05) is 18.5 Å². The number of halogens is 3. The Morgan fingerprint density at radius 3 is 2.58 bits per heavy atom. The summed E-state index contributed by atoms with van der Waals surface area (Å²) in [4.78, 5) is 11.5. The Hall–Kier alpha value is -3.14. The van der Waals surface area contributed by atoms with Gasteiger partial charge in [0.2, 0.25) is 0 Å². The third-order valence-corrected chi connectivity index (χ3v) is 2.78. The van der Waals surface area contributed by atoms with Gasteiger partial charge in [0.15, 0.2) is 11.6 Å². The second kappa shape index (κ2) is 8.48. The number of para-hydroxylation sites is 1. The molecular weight excluding hydrogens is 321 g/mol. The lowest BCUT2D eigenvalue weighted by atomic mass is 10.3. The minimum Gasteiger partial charge on any atom is -0.478 e. The molecule has 2 amide bonds. The van der Waals surface area contributed by atoms with Gasteiger partial charge in [0.25, 0.3) is 0 Å². The van der Waals surface area contributed by atoms with Crippen molar-refractivity contribution >= 4 is 11.7 Å². The zero-order valence-corrected chi connectivity index (χ0v) is 12.4. The van der Waals surface area contributed by atoms with Crippen LogP contribution in [0, 0.1) is 29.3 Å². The average molecular weight is 334 g/mol. The summed E-state index contributed by atoms with van der Waals surface area (Å²) in [5.41, 5.74) is 0.0538. The fourth-order valence-electron chi connectivity index (χ4n) is 1.67. The summed E-state index contributed by atoms with van der Waals surface area (Å²) in [6, 6.07) is 8.06. The average Bonchev–Trinajstić information content (AvgIpc) is 2.54. The first-order valence-corrected chi connectivity index (χ1v) is 6.89. The van der Waals surface area contributed by atoms with Crippen molar-refractivity contribution in [2.24, 2.45) is 0 Å². The topological polar surface area (TPSA) is 50.4 Å². The van der Waals surface area contributed by atoms with Crippen LogP contribution < -0.4 is 15.4 Å². The number of carbonyl (C=O) groups excluding carboxylic acids is 1. The van der Waals surface area contributed by atoms with Crippen LogP contribution in [0.5, 0.6) is 5.75 Å². The molecule has 0 saturated heterocycles. The highest BCUT2D eigenvalue weighted by molar-refractivity contribution is 5.89. The number of rotatable bonds is 4. The maximum atomic E-state index is 13.3. The van der Waals surface area contributed by atoms with Gasteiger partial charge >= 0.3 is 6.03 Å². The zero-order valence-electron chi connectivity index (χ0n) is 12.4. The minimum atomic E-state index is -0.820. The molecule has 0 unspecified atom stereocenters. The highest BCUT2D eigenvalue weighted by Crippen LogP contribution is 2.17. The van der Waals surface area contributed by atoms with E-state index in [0.717, 1.165) is 12.1 Å². The molecule has 0 radical (unpaired) electrons. The lowest BCUT2D eigenvalue weighted by molar-refractivity contribution is 0.253. The van der Waals surface area contributed by atoms with E-state index in [1.807, 2.05) is 0 Å². The lowest BCUT2D eigenvalue weighted by Crippen LogP contribution is -2.29. The van der Waals surface area contributed by atoms with Gasteiger partial charge in [-0.2, -0.15) is 0 Å². The summed E-state index contributed by atoms with van der Waals surface area (Å²) in [5, 5.41) is 4.74. The Balaban J connectivity index is 1.72. The summed E-state index contributed by atoms with van der Waals surface area (Å²) in [5.74, 6) is 2.96. The van der Waals surface area contributed by atoms with Crippen molar-refractivity contribution in [2.45, 2.75) is 0 Å². The fraction of sp³-hybridized carbons (Fsp3) is 0.118. The molecule has 0 aliphatic rings. The van der Waals surface area contributed by atoms with E-state index in [9.17, 15) is 18.0 Å². The van der Waals surface area contributed by atoms with Crippen molar-refractivity contribution < 1.29 is 22.7 Å². The van der Waals surface area contributed by atoms with Gasteiger partial charge in [0.1, 0.15) is 18.2 Å². The number of hydrogen-bond donors (Lipinski definition) is 2. The van der Waals surface area contributed by atoms with E-state index in [2.05, 4.69) is 22.5 Å². The van der Waals surface area contributed by atoms with Crippen molar-refractivity contribution in [3.05, 3.63) is 59.9 Å². The number of anilines is 1. The molecule has 0 heterocycles. The number of amides is 2. The van der Waals surface area contributed by atoms with Gasteiger partial charge in [0, 0.05) is 6.07 Å². The van der Waals surface area contributed by atoms with Gasteiger partial charge < -0.3 is 15.4 Å². The number of urea groups is 1. The number of benzene rings is 2. The highest BCUT2D eigenvalue weighted by Gasteiger charge is 2.04. The molecule has 0 bridgehead atoms. The quantitative estimate of drug-likeness (QED) is 0.843. The molecule has 2 N–H and O–H groups in total.